The first-order valence-electron chi connectivity index (χ1n) is 9.18. The maximum Gasteiger partial charge on any atom is 0.272 e. The Bertz CT molecular complexity index is 1010. The number of nitrogens with zero attached hydrogens (tertiary/aromatic N) is 5. The third-order valence-electron chi connectivity index (χ3n) is 4.90. The molecule has 29 heavy (non-hydrogen) atoms. The Morgan fingerprint density at radius 3 is 2.66 bits per heavy atom. The number of aliphatic hydroxyl groups is 1. The van der Waals surface area contributed by atoms with Crippen LogP contribution in [0.5, 0.6) is 5.88 Å². The molecule has 7 nitrogen and oxygen atoms in total. The van der Waals surface area contributed by atoms with Gasteiger partial charge in [-0.15, -0.1) is 0 Å². The Hall–Kier alpha value is -2.91. The van der Waals surface area contributed by atoms with Crippen molar-refractivity contribution in [1.29, 1.82) is 0 Å². The van der Waals surface area contributed by atoms with Crippen molar-refractivity contribution in [2.75, 3.05) is 6.61 Å². The highest BCUT2D eigenvalue weighted by atomic mass is 19.3. The molecular weight excluding hydrogens is 380 g/mol. The van der Waals surface area contributed by atoms with Crippen LogP contribution in [0.3, 0.4) is 0 Å². The molecule has 0 fully saturated rings. The Morgan fingerprint density at radius 2 is 2.00 bits per heavy atom. The van der Waals surface area contributed by atoms with Crippen molar-refractivity contribution in [1.82, 2.24) is 24.6 Å². The number of ether oxygens (including phenoxy) is 1. The van der Waals surface area contributed by atoms with Gasteiger partial charge in [0, 0.05) is 31.9 Å². The average Bonchev–Trinajstić information content (AvgIpc) is 3.19. The molecule has 2 aromatic heterocycles. The van der Waals surface area contributed by atoms with E-state index in [0.717, 1.165) is 22.4 Å². The van der Waals surface area contributed by atoms with Crippen LogP contribution in [0, 0.1) is 6.92 Å². The minimum absolute atomic E-state index is 0.00713. The number of hydrogen-bond donors (Lipinski definition) is 1. The summed E-state index contributed by atoms with van der Waals surface area (Å²) in [4.78, 5) is 9.86. The van der Waals surface area contributed by atoms with Gasteiger partial charge in [-0.05, 0) is 18.1 Å². The number of hydrogen-bond acceptors (Lipinski definition) is 6. The van der Waals surface area contributed by atoms with Crippen LogP contribution in [0.2, 0.25) is 0 Å². The first-order chi connectivity index (χ1) is 13.9. The third-order valence-corrected chi connectivity index (χ3v) is 4.90. The second kappa shape index (κ2) is 7.84. The zero-order valence-corrected chi connectivity index (χ0v) is 16.1. The SMILES string of the molecule is Cc1nn(C)cc1-c1ccc(CN2Cc3ncnc(OCC(F)F)c3C2O)cc1. The summed E-state index contributed by atoms with van der Waals surface area (Å²) >= 11 is 0. The summed E-state index contributed by atoms with van der Waals surface area (Å²) in [6.07, 6.45) is -0.387. The third kappa shape index (κ3) is 3.96. The smallest absolute Gasteiger partial charge is 0.272 e. The van der Waals surface area contributed by atoms with Crippen LogP contribution in [0.1, 0.15) is 28.7 Å². The summed E-state index contributed by atoms with van der Waals surface area (Å²) in [6, 6.07) is 8.03. The van der Waals surface area contributed by atoms with Crippen LogP contribution in [0.4, 0.5) is 8.78 Å². The van der Waals surface area contributed by atoms with Gasteiger partial charge < -0.3 is 9.84 Å². The highest BCUT2D eigenvalue weighted by molar-refractivity contribution is 5.65. The summed E-state index contributed by atoms with van der Waals surface area (Å²) in [5.41, 5.74) is 5.04. The van der Waals surface area contributed by atoms with Gasteiger partial charge in [-0.25, -0.2) is 18.7 Å². The van der Waals surface area contributed by atoms with Crippen molar-refractivity contribution < 1.29 is 18.6 Å². The van der Waals surface area contributed by atoms with E-state index >= 15 is 0 Å². The molecular formula is C20H21F2N5O2. The predicted molar refractivity (Wildman–Crippen MR) is 101 cm³/mol. The fraction of sp³-hybridized carbons (Fsp3) is 0.350. The Labute approximate surface area is 166 Å². The number of aryl methyl sites for hydroxylation is 2. The molecule has 0 radical (unpaired) electrons. The van der Waals surface area contributed by atoms with Crippen LogP contribution in [-0.2, 0) is 20.1 Å². The fourth-order valence-corrected chi connectivity index (χ4v) is 3.57. The molecule has 1 unspecified atom stereocenters. The summed E-state index contributed by atoms with van der Waals surface area (Å²) in [5.74, 6) is 0.00713. The number of halogens is 2. The van der Waals surface area contributed by atoms with Crippen LogP contribution < -0.4 is 4.74 Å². The van der Waals surface area contributed by atoms with E-state index in [2.05, 4.69) is 15.1 Å². The quantitative estimate of drug-likeness (QED) is 0.685. The van der Waals surface area contributed by atoms with E-state index in [4.69, 9.17) is 4.74 Å². The summed E-state index contributed by atoms with van der Waals surface area (Å²) in [5, 5.41) is 15.1. The Morgan fingerprint density at radius 1 is 1.24 bits per heavy atom. The summed E-state index contributed by atoms with van der Waals surface area (Å²) in [7, 11) is 1.89. The maximum absolute atomic E-state index is 12.5. The molecule has 9 heteroatoms. The lowest BCUT2D eigenvalue weighted by atomic mass is 10.0. The number of rotatable bonds is 6. The van der Waals surface area contributed by atoms with Crippen molar-refractivity contribution >= 4 is 0 Å². The highest BCUT2D eigenvalue weighted by Crippen LogP contribution is 2.37. The van der Waals surface area contributed by atoms with E-state index in [1.165, 1.54) is 6.33 Å². The molecule has 3 heterocycles. The molecule has 0 spiro atoms. The molecule has 0 saturated heterocycles. The van der Waals surface area contributed by atoms with Gasteiger partial charge in [0.25, 0.3) is 6.43 Å². The molecule has 0 aliphatic carbocycles. The van der Waals surface area contributed by atoms with Crippen molar-refractivity contribution in [3.63, 3.8) is 0 Å². The largest absolute Gasteiger partial charge is 0.471 e. The van der Waals surface area contributed by atoms with E-state index in [0.29, 0.717) is 24.3 Å². The van der Waals surface area contributed by atoms with E-state index in [1.54, 1.807) is 9.58 Å². The van der Waals surface area contributed by atoms with Crippen molar-refractivity contribution in [2.24, 2.45) is 7.05 Å². The van der Waals surface area contributed by atoms with Crippen LogP contribution >= 0.6 is 0 Å². The second-order valence-electron chi connectivity index (χ2n) is 7.02. The normalized spacial score (nSPS) is 16.4. The molecule has 0 saturated carbocycles. The lowest BCUT2D eigenvalue weighted by Gasteiger charge is -2.20. The van der Waals surface area contributed by atoms with Gasteiger partial charge in [0.05, 0.1) is 17.0 Å². The van der Waals surface area contributed by atoms with Crippen LogP contribution in [0.15, 0.2) is 36.8 Å². The predicted octanol–water partition coefficient (Wildman–Crippen LogP) is 2.84. The molecule has 1 N–H and O–H groups in total. The zero-order valence-electron chi connectivity index (χ0n) is 16.1. The van der Waals surface area contributed by atoms with Gasteiger partial charge >= 0.3 is 0 Å². The lowest BCUT2D eigenvalue weighted by Crippen LogP contribution is -2.21. The first kappa shape index (κ1) is 19.4. The summed E-state index contributed by atoms with van der Waals surface area (Å²) in [6.45, 7) is 2.05. The van der Waals surface area contributed by atoms with E-state index in [9.17, 15) is 13.9 Å². The molecule has 1 aliphatic heterocycles. The molecule has 3 aromatic rings. The van der Waals surface area contributed by atoms with Crippen molar-refractivity contribution in [2.45, 2.75) is 32.7 Å². The minimum atomic E-state index is -2.61. The fourth-order valence-electron chi connectivity index (χ4n) is 3.57. The van der Waals surface area contributed by atoms with Gasteiger partial charge in [0.1, 0.15) is 12.6 Å². The average molecular weight is 401 g/mol. The number of aliphatic hydroxyl groups excluding tert-OH is 1. The highest BCUT2D eigenvalue weighted by Gasteiger charge is 2.33. The van der Waals surface area contributed by atoms with Crippen molar-refractivity contribution in [3.8, 4) is 17.0 Å². The van der Waals surface area contributed by atoms with Gasteiger partial charge in [0.2, 0.25) is 5.88 Å². The molecule has 4 rings (SSSR count). The molecule has 1 aliphatic rings. The molecule has 0 bridgehead atoms. The topological polar surface area (TPSA) is 76.3 Å². The van der Waals surface area contributed by atoms with Crippen LogP contribution in [0.25, 0.3) is 11.1 Å². The standard InChI is InChI=1S/C20H21F2N5O2/c1-12-15(8-26(2)25-12)14-5-3-13(4-6-14)7-27-9-16-18(20(27)28)19(24-11-23-16)29-10-17(21)22/h3-6,8,11,17,20,28H,7,9-10H2,1-2H3. The monoisotopic (exact) mass is 401 g/mol. The Balaban J connectivity index is 1.49. The van der Waals surface area contributed by atoms with Gasteiger partial charge in [0.15, 0.2) is 6.61 Å². The van der Waals surface area contributed by atoms with Gasteiger partial charge in [-0.2, -0.15) is 5.10 Å². The van der Waals surface area contributed by atoms with E-state index in [-0.39, 0.29) is 5.88 Å². The van der Waals surface area contributed by atoms with E-state index in [1.807, 2.05) is 44.4 Å². The zero-order chi connectivity index (χ0) is 20.5. The number of aromatic nitrogens is 4. The first-order valence-corrected chi connectivity index (χ1v) is 9.18. The van der Waals surface area contributed by atoms with E-state index < -0.39 is 19.3 Å². The number of alkyl halides is 2. The number of fused-ring (bicyclic) bond motifs is 1. The van der Waals surface area contributed by atoms with Crippen molar-refractivity contribution in [3.05, 3.63) is 59.3 Å². The minimum Gasteiger partial charge on any atom is -0.471 e. The second-order valence-corrected chi connectivity index (χ2v) is 7.02. The maximum atomic E-state index is 12.5. The summed E-state index contributed by atoms with van der Waals surface area (Å²) < 4.78 is 31.8. The molecule has 1 atom stereocenters. The van der Waals surface area contributed by atoms with Crippen LogP contribution in [-0.4, -0.2) is 42.8 Å². The molecule has 0 amide bonds. The molecule has 152 valence electrons. The van der Waals surface area contributed by atoms with Gasteiger partial charge in [-0.3, -0.25) is 9.58 Å². The lowest BCUT2D eigenvalue weighted by molar-refractivity contribution is 0.00429. The van der Waals surface area contributed by atoms with Gasteiger partial charge in [-0.1, -0.05) is 24.3 Å². The number of benzene rings is 1. The Kier molecular flexibility index (Phi) is 5.25. The molecule has 1 aromatic carbocycles.